The standard InChI is InChI=1S/C22H24N4O4/c27-21(24-18-9-10-18)15-5-7-17(8-6-15)23-22(28)16-11-13-25(14-12-16)19-3-1-2-4-20(19)26(29)30/h1-8,16,18H,9-14H2,(H,23,28)(H,24,27). The Morgan fingerprint density at radius 3 is 2.27 bits per heavy atom. The fraction of sp³-hybridized carbons (Fsp3) is 0.364. The van der Waals surface area contributed by atoms with Gasteiger partial charge in [-0.25, -0.2) is 0 Å². The lowest BCUT2D eigenvalue weighted by atomic mass is 9.95. The molecule has 30 heavy (non-hydrogen) atoms. The minimum absolute atomic E-state index is 0.0626. The number of nitrogens with zero attached hydrogens (tertiary/aromatic N) is 2. The van der Waals surface area contributed by atoms with Gasteiger partial charge in [0.1, 0.15) is 5.69 Å². The summed E-state index contributed by atoms with van der Waals surface area (Å²) in [6, 6.07) is 13.9. The molecule has 1 aliphatic carbocycles. The van der Waals surface area contributed by atoms with E-state index in [0.29, 0.717) is 48.9 Å². The highest BCUT2D eigenvalue weighted by molar-refractivity contribution is 5.96. The number of para-hydroxylation sites is 2. The lowest BCUT2D eigenvalue weighted by Crippen LogP contribution is -2.38. The van der Waals surface area contributed by atoms with Crippen molar-refractivity contribution >= 4 is 28.9 Å². The van der Waals surface area contributed by atoms with E-state index in [1.807, 2.05) is 4.90 Å². The van der Waals surface area contributed by atoms with E-state index < -0.39 is 0 Å². The van der Waals surface area contributed by atoms with Crippen LogP contribution in [0.5, 0.6) is 0 Å². The molecule has 0 atom stereocenters. The summed E-state index contributed by atoms with van der Waals surface area (Å²) in [4.78, 5) is 37.5. The van der Waals surface area contributed by atoms with Gasteiger partial charge in [-0.3, -0.25) is 19.7 Å². The van der Waals surface area contributed by atoms with Crippen molar-refractivity contribution in [3.63, 3.8) is 0 Å². The Kier molecular flexibility index (Phi) is 5.65. The zero-order valence-electron chi connectivity index (χ0n) is 16.5. The molecule has 2 N–H and O–H groups in total. The van der Waals surface area contributed by atoms with Gasteiger partial charge >= 0.3 is 0 Å². The number of nitro benzene ring substituents is 1. The fourth-order valence-corrected chi connectivity index (χ4v) is 3.71. The van der Waals surface area contributed by atoms with Crippen molar-refractivity contribution in [2.24, 2.45) is 5.92 Å². The van der Waals surface area contributed by atoms with E-state index in [2.05, 4.69) is 10.6 Å². The van der Waals surface area contributed by atoms with Crippen LogP contribution in [0, 0.1) is 16.0 Å². The molecule has 1 heterocycles. The van der Waals surface area contributed by atoms with E-state index in [0.717, 1.165) is 12.8 Å². The van der Waals surface area contributed by atoms with Crippen LogP contribution >= 0.6 is 0 Å². The Labute approximate surface area is 174 Å². The Balaban J connectivity index is 1.31. The summed E-state index contributed by atoms with van der Waals surface area (Å²) < 4.78 is 0. The van der Waals surface area contributed by atoms with Crippen LogP contribution in [0.4, 0.5) is 17.1 Å². The van der Waals surface area contributed by atoms with Gasteiger partial charge in [-0.2, -0.15) is 0 Å². The molecule has 4 rings (SSSR count). The maximum atomic E-state index is 12.6. The number of carbonyl (C=O) groups excluding carboxylic acids is 2. The highest BCUT2D eigenvalue weighted by atomic mass is 16.6. The predicted molar refractivity (Wildman–Crippen MR) is 114 cm³/mol. The number of rotatable bonds is 6. The second-order valence-corrected chi connectivity index (χ2v) is 7.82. The number of nitrogens with one attached hydrogen (secondary N) is 2. The number of piperidine rings is 1. The van der Waals surface area contributed by atoms with Gasteiger partial charge < -0.3 is 15.5 Å². The third-order valence-corrected chi connectivity index (χ3v) is 5.61. The lowest BCUT2D eigenvalue weighted by Gasteiger charge is -2.32. The third kappa shape index (κ3) is 4.59. The number of nitro groups is 1. The zero-order valence-corrected chi connectivity index (χ0v) is 16.5. The topological polar surface area (TPSA) is 105 Å². The van der Waals surface area contributed by atoms with E-state index in [9.17, 15) is 19.7 Å². The van der Waals surface area contributed by atoms with E-state index in [1.54, 1.807) is 42.5 Å². The van der Waals surface area contributed by atoms with Crippen molar-refractivity contribution in [3.8, 4) is 0 Å². The molecule has 1 aliphatic heterocycles. The van der Waals surface area contributed by atoms with Crippen LogP contribution in [-0.2, 0) is 4.79 Å². The molecule has 8 nitrogen and oxygen atoms in total. The molecule has 8 heteroatoms. The summed E-state index contributed by atoms with van der Waals surface area (Å²) in [6.07, 6.45) is 3.33. The smallest absolute Gasteiger partial charge is 0.292 e. The Morgan fingerprint density at radius 1 is 0.967 bits per heavy atom. The van der Waals surface area contributed by atoms with E-state index in [-0.39, 0.29) is 28.3 Å². The molecule has 0 bridgehead atoms. The van der Waals surface area contributed by atoms with E-state index in [4.69, 9.17) is 0 Å². The van der Waals surface area contributed by atoms with Gasteiger partial charge in [0.25, 0.3) is 11.6 Å². The highest BCUT2D eigenvalue weighted by Gasteiger charge is 2.28. The van der Waals surface area contributed by atoms with Gasteiger partial charge in [0.2, 0.25) is 5.91 Å². The second kappa shape index (κ2) is 8.52. The molecule has 2 aliphatic rings. The minimum atomic E-state index is -0.372. The van der Waals surface area contributed by atoms with Crippen molar-refractivity contribution in [2.75, 3.05) is 23.3 Å². The molecule has 2 fully saturated rings. The first kappa shape index (κ1) is 19.9. The van der Waals surface area contributed by atoms with Gasteiger partial charge in [-0.1, -0.05) is 12.1 Å². The Morgan fingerprint density at radius 2 is 1.63 bits per heavy atom. The number of anilines is 2. The molecular formula is C22H24N4O4. The molecule has 0 unspecified atom stereocenters. The van der Waals surface area contributed by atoms with Crippen LogP contribution in [0.25, 0.3) is 0 Å². The summed E-state index contributed by atoms with van der Waals surface area (Å²) in [5.74, 6) is -0.299. The normalized spacial score (nSPS) is 16.7. The highest BCUT2D eigenvalue weighted by Crippen LogP contribution is 2.31. The van der Waals surface area contributed by atoms with Crippen LogP contribution in [0.2, 0.25) is 0 Å². The first-order chi connectivity index (χ1) is 14.5. The third-order valence-electron chi connectivity index (χ3n) is 5.61. The molecular weight excluding hydrogens is 384 g/mol. The first-order valence-corrected chi connectivity index (χ1v) is 10.2. The number of amides is 2. The average molecular weight is 408 g/mol. The molecule has 0 aromatic heterocycles. The molecule has 2 amide bonds. The van der Waals surface area contributed by atoms with Crippen molar-refractivity contribution in [2.45, 2.75) is 31.7 Å². The molecule has 2 aromatic carbocycles. The van der Waals surface area contributed by atoms with E-state index >= 15 is 0 Å². The van der Waals surface area contributed by atoms with Crippen molar-refractivity contribution < 1.29 is 14.5 Å². The summed E-state index contributed by atoms with van der Waals surface area (Å²) in [5, 5.41) is 17.1. The van der Waals surface area contributed by atoms with Crippen molar-refractivity contribution in [1.82, 2.24) is 5.32 Å². The van der Waals surface area contributed by atoms with Crippen LogP contribution in [0.1, 0.15) is 36.0 Å². The van der Waals surface area contributed by atoms with Crippen LogP contribution in [0.15, 0.2) is 48.5 Å². The lowest BCUT2D eigenvalue weighted by molar-refractivity contribution is -0.384. The summed E-state index contributed by atoms with van der Waals surface area (Å²) in [6.45, 7) is 1.17. The SMILES string of the molecule is O=C(NC1CC1)c1ccc(NC(=O)C2CCN(c3ccccc3[N+](=O)[O-])CC2)cc1. The predicted octanol–water partition coefficient (Wildman–Crippen LogP) is 3.34. The molecule has 1 saturated heterocycles. The largest absolute Gasteiger partial charge is 0.366 e. The molecule has 156 valence electrons. The second-order valence-electron chi connectivity index (χ2n) is 7.82. The van der Waals surface area contributed by atoms with Gasteiger partial charge in [-0.05, 0) is 56.0 Å². The fourth-order valence-electron chi connectivity index (χ4n) is 3.71. The maximum Gasteiger partial charge on any atom is 0.292 e. The number of carbonyl (C=O) groups is 2. The monoisotopic (exact) mass is 408 g/mol. The minimum Gasteiger partial charge on any atom is -0.366 e. The Hall–Kier alpha value is -3.42. The van der Waals surface area contributed by atoms with Crippen molar-refractivity contribution in [3.05, 3.63) is 64.2 Å². The molecule has 0 radical (unpaired) electrons. The van der Waals surface area contributed by atoms with Crippen LogP contribution in [-0.4, -0.2) is 35.9 Å². The van der Waals surface area contributed by atoms with Gasteiger partial charge in [0.15, 0.2) is 0 Å². The quantitative estimate of drug-likeness (QED) is 0.563. The average Bonchev–Trinajstić information content (AvgIpc) is 3.58. The molecule has 0 spiro atoms. The van der Waals surface area contributed by atoms with Crippen LogP contribution in [0.3, 0.4) is 0 Å². The summed E-state index contributed by atoms with van der Waals surface area (Å²) >= 11 is 0. The molecule has 2 aromatic rings. The van der Waals surface area contributed by atoms with Gasteiger partial charge in [-0.15, -0.1) is 0 Å². The summed E-state index contributed by atoms with van der Waals surface area (Å²) in [5.41, 5.74) is 1.93. The summed E-state index contributed by atoms with van der Waals surface area (Å²) in [7, 11) is 0. The molecule has 1 saturated carbocycles. The first-order valence-electron chi connectivity index (χ1n) is 10.2. The van der Waals surface area contributed by atoms with E-state index in [1.165, 1.54) is 6.07 Å². The van der Waals surface area contributed by atoms with Crippen molar-refractivity contribution in [1.29, 1.82) is 0 Å². The number of benzene rings is 2. The van der Waals surface area contributed by atoms with Crippen LogP contribution < -0.4 is 15.5 Å². The van der Waals surface area contributed by atoms with Gasteiger partial charge in [0.05, 0.1) is 4.92 Å². The zero-order chi connectivity index (χ0) is 21.1. The number of hydrogen-bond acceptors (Lipinski definition) is 5. The van der Waals surface area contributed by atoms with Gasteiger partial charge in [0, 0.05) is 42.4 Å². The maximum absolute atomic E-state index is 12.6. The Bertz CT molecular complexity index is 948. The number of hydrogen-bond donors (Lipinski definition) is 2.